The van der Waals surface area contributed by atoms with Crippen LogP contribution in [0.3, 0.4) is 0 Å². The summed E-state index contributed by atoms with van der Waals surface area (Å²) in [5.74, 6) is 0.520. The van der Waals surface area contributed by atoms with Gasteiger partial charge in [-0.05, 0) is 18.2 Å². The van der Waals surface area contributed by atoms with Gasteiger partial charge in [0.15, 0.2) is 0 Å². The van der Waals surface area contributed by atoms with Gasteiger partial charge in [0.2, 0.25) is 5.91 Å². The van der Waals surface area contributed by atoms with E-state index in [4.69, 9.17) is 0 Å². The zero-order valence-corrected chi connectivity index (χ0v) is 14.5. The van der Waals surface area contributed by atoms with Gasteiger partial charge in [0.25, 0.3) is 5.69 Å². The molecule has 0 spiro atoms. The number of nitrogens with zero attached hydrogens (tertiary/aromatic N) is 3. The van der Waals surface area contributed by atoms with Gasteiger partial charge in [-0.15, -0.1) is 11.8 Å². The van der Waals surface area contributed by atoms with Crippen molar-refractivity contribution in [2.45, 2.75) is 4.90 Å². The fraction of sp³-hybridized carbons (Fsp3) is 0.278. The first-order valence-electron chi connectivity index (χ1n) is 8.09. The van der Waals surface area contributed by atoms with E-state index in [0.29, 0.717) is 37.6 Å². The van der Waals surface area contributed by atoms with Gasteiger partial charge in [0.1, 0.15) is 5.69 Å². The Morgan fingerprint density at radius 1 is 1.00 bits per heavy atom. The monoisotopic (exact) mass is 357 g/mol. The zero-order valence-electron chi connectivity index (χ0n) is 13.7. The fourth-order valence-corrected chi connectivity index (χ4v) is 3.66. The van der Waals surface area contributed by atoms with Crippen LogP contribution in [0.5, 0.6) is 0 Å². The Labute approximate surface area is 150 Å². The minimum Gasteiger partial charge on any atom is -0.362 e. The molecule has 0 radical (unpaired) electrons. The average molecular weight is 357 g/mol. The van der Waals surface area contributed by atoms with Crippen molar-refractivity contribution in [1.82, 2.24) is 4.90 Å². The van der Waals surface area contributed by atoms with Crippen molar-refractivity contribution in [3.63, 3.8) is 0 Å². The smallest absolute Gasteiger partial charge is 0.292 e. The molecule has 0 saturated carbocycles. The number of thioether (sulfide) groups is 1. The Kier molecular flexibility index (Phi) is 5.55. The van der Waals surface area contributed by atoms with Crippen LogP contribution < -0.4 is 4.90 Å². The van der Waals surface area contributed by atoms with E-state index in [0.717, 1.165) is 4.90 Å². The first kappa shape index (κ1) is 17.3. The number of hydrogen-bond donors (Lipinski definition) is 0. The average Bonchev–Trinajstić information content (AvgIpc) is 2.67. The van der Waals surface area contributed by atoms with Crippen LogP contribution in [0.1, 0.15) is 0 Å². The summed E-state index contributed by atoms with van der Waals surface area (Å²) >= 11 is 1.53. The molecule has 0 atom stereocenters. The van der Waals surface area contributed by atoms with E-state index in [2.05, 4.69) is 0 Å². The van der Waals surface area contributed by atoms with Crippen LogP contribution in [0, 0.1) is 10.1 Å². The molecule has 1 heterocycles. The lowest BCUT2D eigenvalue weighted by atomic mass is 10.2. The van der Waals surface area contributed by atoms with E-state index in [1.54, 1.807) is 18.2 Å². The predicted octanol–water partition coefficient (Wildman–Crippen LogP) is 3.04. The standard InChI is InChI=1S/C18H19N3O3S/c22-18(14-25-15-6-2-1-3-7-15)20-12-10-19(11-13-20)16-8-4-5-9-17(16)21(23)24/h1-9H,10-14H2. The van der Waals surface area contributed by atoms with Crippen LogP contribution in [-0.2, 0) is 4.79 Å². The van der Waals surface area contributed by atoms with E-state index in [9.17, 15) is 14.9 Å². The minimum absolute atomic E-state index is 0.107. The number of nitro benzene ring substituents is 1. The molecule has 1 fully saturated rings. The number of hydrogen-bond acceptors (Lipinski definition) is 5. The number of amides is 1. The molecule has 1 saturated heterocycles. The summed E-state index contributed by atoms with van der Waals surface area (Å²) in [7, 11) is 0. The molecule has 2 aromatic carbocycles. The molecule has 0 aromatic heterocycles. The van der Waals surface area contributed by atoms with Crippen molar-refractivity contribution in [2.75, 3.05) is 36.8 Å². The highest BCUT2D eigenvalue weighted by molar-refractivity contribution is 8.00. The molecule has 0 aliphatic carbocycles. The first-order valence-corrected chi connectivity index (χ1v) is 9.07. The molecule has 0 N–H and O–H groups in total. The second-order valence-corrected chi connectivity index (χ2v) is 6.76. The molecule has 2 aromatic rings. The Morgan fingerprint density at radius 2 is 1.64 bits per heavy atom. The molecule has 25 heavy (non-hydrogen) atoms. The van der Waals surface area contributed by atoms with E-state index >= 15 is 0 Å². The molecule has 1 aliphatic heterocycles. The SMILES string of the molecule is O=C(CSc1ccccc1)N1CCN(c2ccccc2[N+](=O)[O-])CC1. The van der Waals surface area contributed by atoms with Gasteiger partial charge in [-0.3, -0.25) is 14.9 Å². The van der Waals surface area contributed by atoms with Gasteiger partial charge >= 0.3 is 0 Å². The topological polar surface area (TPSA) is 66.7 Å². The summed E-state index contributed by atoms with van der Waals surface area (Å²) in [6.07, 6.45) is 0. The molecule has 6 nitrogen and oxygen atoms in total. The normalized spacial score (nSPS) is 14.4. The molecule has 0 bridgehead atoms. The summed E-state index contributed by atoms with van der Waals surface area (Å²) in [5.41, 5.74) is 0.736. The summed E-state index contributed by atoms with van der Waals surface area (Å²) in [6.45, 7) is 2.37. The van der Waals surface area contributed by atoms with Crippen molar-refractivity contribution >= 4 is 29.0 Å². The number of rotatable bonds is 5. The minimum atomic E-state index is -0.358. The molecule has 130 valence electrons. The van der Waals surface area contributed by atoms with E-state index in [1.807, 2.05) is 40.1 Å². The maximum Gasteiger partial charge on any atom is 0.292 e. The third-order valence-electron chi connectivity index (χ3n) is 4.16. The second kappa shape index (κ2) is 8.02. The Balaban J connectivity index is 1.55. The van der Waals surface area contributed by atoms with Crippen LogP contribution in [-0.4, -0.2) is 47.7 Å². The number of para-hydroxylation sites is 2. The number of benzene rings is 2. The van der Waals surface area contributed by atoms with Crippen molar-refractivity contribution < 1.29 is 9.72 Å². The lowest BCUT2D eigenvalue weighted by Gasteiger charge is -2.35. The van der Waals surface area contributed by atoms with Crippen LogP contribution in [0.15, 0.2) is 59.5 Å². The number of anilines is 1. The summed E-state index contributed by atoms with van der Waals surface area (Å²) in [4.78, 5) is 28.1. The Hall–Kier alpha value is -2.54. The Bertz CT molecular complexity index is 746. The molecular weight excluding hydrogens is 338 g/mol. The van der Waals surface area contributed by atoms with Crippen LogP contribution >= 0.6 is 11.8 Å². The molecule has 1 aliphatic rings. The lowest BCUT2D eigenvalue weighted by molar-refractivity contribution is -0.384. The highest BCUT2D eigenvalue weighted by Gasteiger charge is 2.25. The fourth-order valence-electron chi connectivity index (χ4n) is 2.84. The van der Waals surface area contributed by atoms with E-state index in [-0.39, 0.29) is 16.5 Å². The van der Waals surface area contributed by atoms with Gasteiger partial charge in [0.05, 0.1) is 10.7 Å². The third-order valence-corrected chi connectivity index (χ3v) is 5.15. The third kappa shape index (κ3) is 4.30. The maximum absolute atomic E-state index is 12.4. The predicted molar refractivity (Wildman–Crippen MR) is 99.1 cm³/mol. The second-order valence-electron chi connectivity index (χ2n) is 5.72. The summed E-state index contributed by atoms with van der Waals surface area (Å²) in [6, 6.07) is 16.6. The van der Waals surface area contributed by atoms with Crippen molar-refractivity contribution in [1.29, 1.82) is 0 Å². The van der Waals surface area contributed by atoms with Gasteiger partial charge in [0, 0.05) is 37.1 Å². The summed E-state index contributed by atoms with van der Waals surface area (Å²) < 4.78 is 0. The first-order chi connectivity index (χ1) is 12.1. The van der Waals surface area contributed by atoms with Crippen LogP contribution in [0.4, 0.5) is 11.4 Å². The van der Waals surface area contributed by atoms with Gasteiger partial charge in [-0.2, -0.15) is 0 Å². The highest BCUT2D eigenvalue weighted by atomic mass is 32.2. The van der Waals surface area contributed by atoms with Crippen molar-refractivity contribution in [3.05, 3.63) is 64.7 Å². The largest absolute Gasteiger partial charge is 0.362 e. The van der Waals surface area contributed by atoms with Crippen LogP contribution in [0.25, 0.3) is 0 Å². The maximum atomic E-state index is 12.4. The molecule has 1 amide bonds. The lowest BCUT2D eigenvalue weighted by Crippen LogP contribution is -2.49. The molecule has 7 heteroatoms. The van der Waals surface area contributed by atoms with Crippen molar-refractivity contribution in [2.24, 2.45) is 0 Å². The number of carbonyl (C=O) groups is 1. The van der Waals surface area contributed by atoms with E-state index in [1.165, 1.54) is 17.8 Å². The van der Waals surface area contributed by atoms with Gasteiger partial charge in [-0.25, -0.2) is 0 Å². The summed E-state index contributed by atoms with van der Waals surface area (Å²) in [5, 5.41) is 11.2. The van der Waals surface area contributed by atoms with Gasteiger partial charge in [-0.1, -0.05) is 30.3 Å². The van der Waals surface area contributed by atoms with Crippen LogP contribution in [0.2, 0.25) is 0 Å². The Morgan fingerprint density at radius 3 is 2.32 bits per heavy atom. The van der Waals surface area contributed by atoms with Gasteiger partial charge < -0.3 is 9.80 Å². The van der Waals surface area contributed by atoms with Crippen molar-refractivity contribution in [3.8, 4) is 0 Å². The molecule has 3 rings (SSSR count). The number of piperazine rings is 1. The highest BCUT2D eigenvalue weighted by Crippen LogP contribution is 2.28. The molecule has 0 unspecified atom stereocenters. The number of nitro groups is 1. The zero-order chi connectivity index (χ0) is 17.6. The quantitative estimate of drug-likeness (QED) is 0.467. The number of carbonyl (C=O) groups excluding carboxylic acids is 1. The van der Waals surface area contributed by atoms with E-state index < -0.39 is 0 Å². The molecular formula is C18H19N3O3S.